The van der Waals surface area contributed by atoms with Crippen molar-refractivity contribution in [3.05, 3.63) is 4.88 Å². The molecule has 0 saturated carbocycles. The molecule has 0 bridgehead atoms. The number of thioether (sulfide) groups is 1. The fourth-order valence-electron chi connectivity index (χ4n) is 1.36. The molecule has 0 aliphatic rings. The van der Waals surface area contributed by atoms with Gasteiger partial charge in [0.05, 0.1) is 21.2 Å². The summed E-state index contributed by atoms with van der Waals surface area (Å²) in [4.78, 5) is 12.7. The van der Waals surface area contributed by atoms with Gasteiger partial charge in [-0.2, -0.15) is 0 Å². The second kappa shape index (κ2) is 5.94. The zero-order valence-corrected chi connectivity index (χ0v) is 12.9. The summed E-state index contributed by atoms with van der Waals surface area (Å²) in [5, 5.41) is 3.78. The zero-order chi connectivity index (χ0) is 13.9. The Morgan fingerprint density at radius 3 is 2.56 bits per heavy atom. The second-order valence-electron chi connectivity index (χ2n) is 3.82. The Balaban J connectivity index is 2.89. The molecular formula is C10H16N2O3S3. The average molecular weight is 308 g/mol. The molecule has 18 heavy (non-hydrogen) atoms. The van der Waals surface area contributed by atoms with E-state index in [1.54, 1.807) is 0 Å². The van der Waals surface area contributed by atoms with Gasteiger partial charge in [0, 0.05) is 19.7 Å². The molecule has 0 unspecified atom stereocenters. The van der Waals surface area contributed by atoms with E-state index in [9.17, 15) is 13.2 Å². The highest BCUT2D eigenvalue weighted by Crippen LogP contribution is 2.41. The van der Waals surface area contributed by atoms with Gasteiger partial charge in [-0.05, 0) is 6.26 Å². The van der Waals surface area contributed by atoms with Gasteiger partial charge in [-0.25, -0.2) is 8.42 Å². The smallest absolute Gasteiger partial charge is 0.171 e. The highest BCUT2D eigenvalue weighted by Gasteiger charge is 2.18. The minimum absolute atomic E-state index is 0.0496. The van der Waals surface area contributed by atoms with Gasteiger partial charge in [0.15, 0.2) is 5.78 Å². The van der Waals surface area contributed by atoms with Crippen molar-refractivity contribution < 1.29 is 13.2 Å². The van der Waals surface area contributed by atoms with Gasteiger partial charge in [0.2, 0.25) is 0 Å². The number of thiophene rings is 1. The number of sulfone groups is 1. The van der Waals surface area contributed by atoms with Gasteiger partial charge in [0.1, 0.15) is 14.8 Å². The number of ketones is 1. The Morgan fingerprint density at radius 2 is 2.11 bits per heavy atom. The Morgan fingerprint density at radius 1 is 1.50 bits per heavy atom. The first-order valence-corrected chi connectivity index (χ1v) is 9.25. The number of rotatable bonds is 6. The van der Waals surface area contributed by atoms with E-state index >= 15 is 0 Å². The molecule has 5 nitrogen and oxygen atoms in total. The minimum Gasteiger partial charge on any atom is -0.396 e. The summed E-state index contributed by atoms with van der Waals surface area (Å²) < 4.78 is 22.1. The summed E-state index contributed by atoms with van der Waals surface area (Å²) in [6.45, 7) is 1.77. The lowest BCUT2D eigenvalue weighted by Crippen LogP contribution is -2.13. The highest BCUT2D eigenvalue weighted by molar-refractivity contribution is 7.99. The third-order valence-electron chi connectivity index (χ3n) is 2.18. The van der Waals surface area contributed by atoms with Crippen LogP contribution in [-0.2, 0) is 9.84 Å². The number of Topliss-reactive ketones (excluding diaryl/α,β-unsaturated/α-hetero) is 1. The fraction of sp³-hybridized carbons (Fsp3) is 0.500. The Bertz CT molecular complexity index is 549. The lowest BCUT2D eigenvalue weighted by molar-refractivity contribution is 0.102. The van der Waals surface area contributed by atoms with Crippen LogP contribution in [0.4, 0.5) is 10.7 Å². The Kier molecular flexibility index (Phi) is 5.06. The third kappa shape index (κ3) is 3.89. The number of hydrogen-bond acceptors (Lipinski definition) is 7. The second-order valence-corrected chi connectivity index (χ2v) is 7.92. The van der Waals surface area contributed by atoms with E-state index in [0.29, 0.717) is 17.1 Å². The molecule has 0 saturated heterocycles. The first-order chi connectivity index (χ1) is 8.26. The fourth-order valence-corrected chi connectivity index (χ4v) is 3.79. The zero-order valence-electron chi connectivity index (χ0n) is 10.4. The van der Waals surface area contributed by atoms with Crippen molar-refractivity contribution >= 4 is 49.4 Å². The molecule has 1 aromatic rings. The van der Waals surface area contributed by atoms with Crippen LogP contribution in [0.15, 0.2) is 4.90 Å². The molecule has 3 N–H and O–H groups in total. The van der Waals surface area contributed by atoms with Crippen molar-refractivity contribution in [2.75, 3.05) is 35.9 Å². The Labute approximate surface area is 115 Å². The van der Waals surface area contributed by atoms with Crippen LogP contribution in [0.3, 0.4) is 0 Å². The first kappa shape index (κ1) is 15.3. The molecule has 0 fully saturated rings. The molecule has 0 radical (unpaired) electrons. The summed E-state index contributed by atoms with van der Waals surface area (Å²) in [7, 11) is -3.00. The molecule has 8 heteroatoms. The molecule has 0 atom stereocenters. The van der Waals surface area contributed by atoms with Crippen LogP contribution in [0.5, 0.6) is 0 Å². The van der Waals surface area contributed by atoms with Crippen LogP contribution in [-0.4, -0.2) is 39.0 Å². The van der Waals surface area contributed by atoms with Crippen molar-refractivity contribution in [1.82, 2.24) is 0 Å². The summed E-state index contributed by atoms with van der Waals surface area (Å²) >= 11 is 2.71. The minimum atomic E-state index is -3.00. The topological polar surface area (TPSA) is 89.3 Å². The van der Waals surface area contributed by atoms with Crippen LogP contribution in [0.25, 0.3) is 0 Å². The average Bonchev–Trinajstić information content (AvgIpc) is 2.53. The van der Waals surface area contributed by atoms with E-state index in [1.807, 2.05) is 6.26 Å². The molecule has 1 aromatic heterocycles. The molecule has 0 aliphatic heterocycles. The predicted octanol–water partition coefficient (Wildman–Crippen LogP) is 1.71. The molecular weight excluding hydrogens is 292 g/mol. The largest absolute Gasteiger partial charge is 0.396 e. The maximum absolute atomic E-state index is 11.4. The van der Waals surface area contributed by atoms with Crippen molar-refractivity contribution in [1.29, 1.82) is 0 Å². The number of nitrogens with one attached hydrogen (secondary N) is 1. The normalized spacial score (nSPS) is 11.5. The van der Waals surface area contributed by atoms with E-state index in [4.69, 9.17) is 5.73 Å². The summed E-state index contributed by atoms with van der Waals surface area (Å²) in [5.74, 6) is -0.0300. The maximum atomic E-state index is 11.4. The SMILES string of the molecule is CSc1c(NCCS(C)(=O)=O)sc(C(C)=O)c1N. The lowest BCUT2D eigenvalue weighted by atomic mass is 10.3. The van der Waals surface area contributed by atoms with Crippen molar-refractivity contribution in [2.45, 2.75) is 11.8 Å². The van der Waals surface area contributed by atoms with Crippen LogP contribution >= 0.6 is 23.1 Å². The van der Waals surface area contributed by atoms with Gasteiger partial charge in [-0.3, -0.25) is 4.79 Å². The first-order valence-electron chi connectivity index (χ1n) is 5.15. The third-order valence-corrected chi connectivity index (χ3v) is 5.35. The molecule has 102 valence electrons. The number of carbonyl (C=O) groups is 1. The standard InChI is InChI=1S/C10H16N2O3S3/c1-6(13)8-7(11)9(16-2)10(17-8)12-4-5-18(3,14)15/h12H,4-5,11H2,1-3H3. The molecule has 0 amide bonds. The highest BCUT2D eigenvalue weighted by atomic mass is 32.2. The molecule has 0 aliphatic carbocycles. The van der Waals surface area contributed by atoms with Gasteiger partial charge < -0.3 is 11.1 Å². The Hall–Kier alpha value is -0.730. The van der Waals surface area contributed by atoms with E-state index in [2.05, 4.69) is 5.32 Å². The van der Waals surface area contributed by atoms with Gasteiger partial charge in [-0.15, -0.1) is 23.1 Å². The molecule has 1 heterocycles. The lowest BCUT2D eigenvalue weighted by Gasteiger charge is -2.05. The number of anilines is 2. The van der Waals surface area contributed by atoms with Gasteiger partial charge in [0.25, 0.3) is 0 Å². The summed E-state index contributed by atoms with van der Waals surface area (Å²) in [6, 6.07) is 0. The number of hydrogen-bond donors (Lipinski definition) is 2. The van der Waals surface area contributed by atoms with Gasteiger partial charge in [-0.1, -0.05) is 0 Å². The monoisotopic (exact) mass is 308 g/mol. The molecule has 1 rings (SSSR count). The van der Waals surface area contributed by atoms with E-state index in [1.165, 1.54) is 36.3 Å². The number of nitrogen functional groups attached to an aromatic ring is 1. The quantitative estimate of drug-likeness (QED) is 0.614. The molecule has 0 spiro atoms. The van der Waals surface area contributed by atoms with Gasteiger partial charge >= 0.3 is 0 Å². The van der Waals surface area contributed by atoms with Crippen LogP contribution in [0, 0.1) is 0 Å². The molecule has 0 aromatic carbocycles. The number of nitrogens with two attached hydrogens (primary N) is 1. The van der Waals surface area contributed by atoms with Crippen LogP contribution < -0.4 is 11.1 Å². The van der Waals surface area contributed by atoms with Crippen LogP contribution in [0.1, 0.15) is 16.6 Å². The number of carbonyl (C=O) groups excluding carboxylic acids is 1. The van der Waals surface area contributed by atoms with E-state index in [-0.39, 0.29) is 11.5 Å². The summed E-state index contributed by atoms with van der Waals surface area (Å²) in [5.41, 5.74) is 6.36. The van der Waals surface area contributed by atoms with Crippen molar-refractivity contribution in [3.8, 4) is 0 Å². The van der Waals surface area contributed by atoms with Crippen molar-refractivity contribution in [3.63, 3.8) is 0 Å². The predicted molar refractivity (Wildman–Crippen MR) is 78.7 cm³/mol. The maximum Gasteiger partial charge on any atom is 0.171 e. The van der Waals surface area contributed by atoms with Crippen molar-refractivity contribution in [2.24, 2.45) is 0 Å². The van der Waals surface area contributed by atoms with Crippen LogP contribution in [0.2, 0.25) is 0 Å². The van der Waals surface area contributed by atoms with E-state index < -0.39 is 9.84 Å². The van der Waals surface area contributed by atoms with E-state index in [0.717, 1.165) is 9.90 Å². The summed E-state index contributed by atoms with van der Waals surface area (Å²) in [6.07, 6.45) is 3.05.